The Morgan fingerprint density at radius 3 is 3.00 bits per heavy atom. The third kappa shape index (κ3) is 4.47. The predicted octanol–water partition coefficient (Wildman–Crippen LogP) is 2.14. The lowest BCUT2D eigenvalue weighted by Crippen LogP contribution is -2.36. The SMILES string of the molecule is O=C(NCc1csc(N2CCOCC2)n1)Nc1ccnn1Cc1ccco1. The van der Waals surface area contributed by atoms with Gasteiger partial charge in [0.05, 0.1) is 37.9 Å². The van der Waals surface area contributed by atoms with Crippen LogP contribution in [0.1, 0.15) is 11.5 Å². The normalized spacial score (nSPS) is 14.3. The Morgan fingerprint density at radius 2 is 2.19 bits per heavy atom. The fourth-order valence-corrected chi connectivity index (χ4v) is 3.60. The van der Waals surface area contributed by atoms with E-state index in [-0.39, 0.29) is 6.03 Å². The van der Waals surface area contributed by atoms with Crippen molar-refractivity contribution in [3.8, 4) is 0 Å². The fraction of sp³-hybridized carbons (Fsp3) is 0.353. The third-order valence-electron chi connectivity index (χ3n) is 4.10. The highest BCUT2D eigenvalue weighted by atomic mass is 32.1. The first-order valence-corrected chi connectivity index (χ1v) is 9.52. The second-order valence-electron chi connectivity index (χ2n) is 5.98. The molecule has 2 N–H and O–H groups in total. The van der Waals surface area contributed by atoms with Gasteiger partial charge < -0.3 is 19.4 Å². The molecule has 3 aromatic heterocycles. The molecule has 10 heteroatoms. The van der Waals surface area contributed by atoms with Crippen molar-refractivity contribution in [2.24, 2.45) is 0 Å². The number of amides is 2. The summed E-state index contributed by atoms with van der Waals surface area (Å²) in [5, 5.41) is 12.8. The van der Waals surface area contributed by atoms with Crippen LogP contribution in [0.25, 0.3) is 0 Å². The predicted molar refractivity (Wildman–Crippen MR) is 101 cm³/mol. The summed E-state index contributed by atoms with van der Waals surface area (Å²) in [6.45, 7) is 3.95. The molecule has 1 aliphatic rings. The number of ether oxygens (including phenoxy) is 1. The van der Waals surface area contributed by atoms with Crippen molar-refractivity contribution in [2.75, 3.05) is 36.5 Å². The van der Waals surface area contributed by atoms with Crippen molar-refractivity contribution in [1.82, 2.24) is 20.1 Å². The van der Waals surface area contributed by atoms with Crippen LogP contribution in [0.4, 0.5) is 15.7 Å². The van der Waals surface area contributed by atoms with E-state index in [1.165, 1.54) is 0 Å². The lowest BCUT2D eigenvalue weighted by atomic mass is 10.4. The summed E-state index contributed by atoms with van der Waals surface area (Å²) in [7, 11) is 0. The molecule has 0 saturated carbocycles. The molecule has 27 heavy (non-hydrogen) atoms. The molecule has 0 unspecified atom stereocenters. The monoisotopic (exact) mass is 388 g/mol. The van der Waals surface area contributed by atoms with Crippen molar-refractivity contribution >= 4 is 28.3 Å². The zero-order valence-corrected chi connectivity index (χ0v) is 15.4. The minimum absolute atomic E-state index is 0.308. The number of hydrogen-bond acceptors (Lipinski definition) is 7. The highest BCUT2D eigenvalue weighted by Crippen LogP contribution is 2.21. The minimum atomic E-state index is -0.308. The Morgan fingerprint density at radius 1 is 1.30 bits per heavy atom. The lowest BCUT2D eigenvalue weighted by molar-refractivity contribution is 0.122. The molecule has 4 heterocycles. The van der Waals surface area contributed by atoms with E-state index in [0.29, 0.717) is 18.9 Å². The molecule has 0 aromatic carbocycles. The Bertz CT molecular complexity index is 869. The van der Waals surface area contributed by atoms with Gasteiger partial charge in [0.25, 0.3) is 0 Å². The number of morpholine rings is 1. The molecule has 4 rings (SSSR count). The van der Waals surface area contributed by atoms with Gasteiger partial charge in [-0.05, 0) is 12.1 Å². The van der Waals surface area contributed by atoms with Crippen LogP contribution < -0.4 is 15.5 Å². The number of aromatic nitrogens is 3. The second kappa shape index (κ2) is 8.23. The highest BCUT2D eigenvalue weighted by Gasteiger charge is 2.15. The van der Waals surface area contributed by atoms with Crippen LogP contribution in [-0.2, 0) is 17.8 Å². The maximum atomic E-state index is 12.2. The van der Waals surface area contributed by atoms with Crippen LogP contribution in [0, 0.1) is 0 Å². The van der Waals surface area contributed by atoms with Gasteiger partial charge in [-0.25, -0.2) is 14.5 Å². The average molecular weight is 388 g/mol. The Balaban J connectivity index is 1.29. The van der Waals surface area contributed by atoms with Crippen molar-refractivity contribution < 1.29 is 13.9 Å². The first-order chi connectivity index (χ1) is 13.3. The minimum Gasteiger partial charge on any atom is -0.467 e. The number of hydrogen-bond donors (Lipinski definition) is 2. The van der Waals surface area contributed by atoms with E-state index < -0.39 is 0 Å². The molecule has 0 radical (unpaired) electrons. The van der Waals surface area contributed by atoms with Gasteiger partial charge in [-0.15, -0.1) is 11.3 Å². The summed E-state index contributed by atoms with van der Waals surface area (Å²) < 4.78 is 12.3. The summed E-state index contributed by atoms with van der Waals surface area (Å²) >= 11 is 1.58. The lowest BCUT2D eigenvalue weighted by Gasteiger charge is -2.26. The first kappa shape index (κ1) is 17.6. The van der Waals surface area contributed by atoms with Crippen LogP contribution in [0.3, 0.4) is 0 Å². The van der Waals surface area contributed by atoms with E-state index in [0.717, 1.165) is 42.9 Å². The molecule has 2 amide bonds. The summed E-state index contributed by atoms with van der Waals surface area (Å²) in [5.41, 5.74) is 0.834. The van der Waals surface area contributed by atoms with Gasteiger partial charge in [0.2, 0.25) is 0 Å². The van der Waals surface area contributed by atoms with Crippen molar-refractivity contribution in [2.45, 2.75) is 13.1 Å². The second-order valence-corrected chi connectivity index (χ2v) is 6.82. The zero-order valence-electron chi connectivity index (χ0n) is 14.6. The van der Waals surface area contributed by atoms with Crippen LogP contribution in [0.2, 0.25) is 0 Å². The summed E-state index contributed by atoms with van der Waals surface area (Å²) in [6.07, 6.45) is 3.24. The molecule has 0 atom stereocenters. The van der Waals surface area contributed by atoms with Crippen LogP contribution >= 0.6 is 11.3 Å². The van der Waals surface area contributed by atoms with E-state index >= 15 is 0 Å². The summed E-state index contributed by atoms with van der Waals surface area (Å²) in [6, 6.07) is 5.11. The molecule has 142 valence electrons. The van der Waals surface area contributed by atoms with Crippen molar-refractivity contribution in [3.63, 3.8) is 0 Å². The third-order valence-corrected chi connectivity index (χ3v) is 5.05. The number of nitrogens with one attached hydrogen (secondary N) is 2. The Kier molecular flexibility index (Phi) is 5.35. The van der Waals surface area contributed by atoms with Gasteiger partial charge in [-0.1, -0.05) is 0 Å². The summed E-state index contributed by atoms with van der Waals surface area (Å²) in [5.74, 6) is 1.36. The summed E-state index contributed by atoms with van der Waals surface area (Å²) in [4.78, 5) is 19.0. The standard InChI is InChI=1S/C17H20N6O3S/c24-16(21-15-3-4-19-23(15)11-14-2-1-7-26-14)18-10-13-12-27-17(20-13)22-5-8-25-9-6-22/h1-4,7,12H,5-6,8-11H2,(H2,18,21,24). The molecule has 0 aliphatic carbocycles. The fourth-order valence-electron chi connectivity index (χ4n) is 2.72. The number of furan rings is 1. The molecule has 1 aliphatic heterocycles. The van der Waals surface area contributed by atoms with Gasteiger partial charge in [0.1, 0.15) is 18.1 Å². The van der Waals surface area contributed by atoms with Gasteiger partial charge in [0.15, 0.2) is 5.13 Å². The smallest absolute Gasteiger partial charge is 0.320 e. The molecule has 0 bridgehead atoms. The van der Waals surface area contributed by atoms with Gasteiger partial charge in [-0.2, -0.15) is 5.10 Å². The maximum Gasteiger partial charge on any atom is 0.320 e. The van der Waals surface area contributed by atoms with E-state index in [9.17, 15) is 4.79 Å². The topological polar surface area (TPSA) is 97.5 Å². The van der Waals surface area contributed by atoms with Crippen molar-refractivity contribution in [3.05, 3.63) is 47.5 Å². The van der Waals surface area contributed by atoms with E-state index in [2.05, 4.69) is 25.6 Å². The van der Waals surface area contributed by atoms with Crippen LogP contribution in [0.5, 0.6) is 0 Å². The Hall–Kier alpha value is -2.85. The van der Waals surface area contributed by atoms with Crippen LogP contribution in [0.15, 0.2) is 40.5 Å². The maximum absolute atomic E-state index is 12.2. The molecule has 3 aromatic rings. The average Bonchev–Trinajstić information content (AvgIpc) is 3.44. The molecule has 1 fully saturated rings. The number of nitrogens with zero attached hydrogens (tertiary/aromatic N) is 4. The number of carbonyl (C=O) groups is 1. The largest absolute Gasteiger partial charge is 0.467 e. The Labute approximate surface area is 159 Å². The highest BCUT2D eigenvalue weighted by molar-refractivity contribution is 7.13. The van der Waals surface area contributed by atoms with Gasteiger partial charge in [-0.3, -0.25) is 5.32 Å². The van der Waals surface area contributed by atoms with E-state index in [1.807, 2.05) is 17.5 Å². The zero-order chi connectivity index (χ0) is 18.5. The number of carbonyl (C=O) groups excluding carboxylic acids is 1. The van der Waals surface area contributed by atoms with Crippen molar-refractivity contribution in [1.29, 1.82) is 0 Å². The van der Waals surface area contributed by atoms with Gasteiger partial charge >= 0.3 is 6.03 Å². The first-order valence-electron chi connectivity index (χ1n) is 8.64. The molecule has 0 spiro atoms. The van der Waals surface area contributed by atoms with E-state index in [1.54, 1.807) is 34.5 Å². The number of rotatable bonds is 6. The van der Waals surface area contributed by atoms with E-state index in [4.69, 9.17) is 9.15 Å². The number of thiazole rings is 1. The molecule has 1 saturated heterocycles. The van der Waals surface area contributed by atoms with Gasteiger partial charge in [0, 0.05) is 24.5 Å². The molecular weight excluding hydrogens is 368 g/mol. The number of anilines is 2. The number of urea groups is 1. The quantitative estimate of drug-likeness (QED) is 0.671. The molecular formula is C17H20N6O3S. The molecule has 9 nitrogen and oxygen atoms in total. The van der Waals surface area contributed by atoms with Crippen LogP contribution in [-0.4, -0.2) is 47.1 Å².